The number of halogens is 3. The van der Waals surface area contributed by atoms with E-state index in [1.54, 1.807) is 29.2 Å². The standard InChI is InChI=1S/C44H49ClF2N8O7S/c1-44(2)15-14-29(35(22-44)28-6-8-30(45)9-7-28)23-48-16-17-49-31-10-12-34(40(20-31)62-39-5-3-4-37-42(39)52-27-51-37)43(56)53-63(59,60)33-11-13-36(38(21-33)55(57)58)50-24-32-25-54(18-19-61-32)26-41(46)47/h3-13,20-21,27,32,41,48,50H,14-19,22-26H2,1-2H3,(H3-,49,51,52,53,56,57,58)/p+1. The average Bonchev–Trinajstić information content (AvgIpc) is 3.73. The lowest BCUT2D eigenvalue weighted by Crippen LogP contribution is -2.46. The summed E-state index contributed by atoms with van der Waals surface area (Å²) in [6.45, 7) is 6.86. The smallest absolute Gasteiger partial charge is 0.340 e. The van der Waals surface area contributed by atoms with Crippen molar-refractivity contribution in [2.75, 3.05) is 63.1 Å². The van der Waals surface area contributed by atoms with E-state index in [2.05, 4.69) is 56.6 Å². The molecule has 63 heavy (non-hydrogen) atoms. The van der Waals surface area contributed by atoms with Crippen LogP contribution in [-0.2, 0) is 14.8 Å². The highest BCUT2D eigenvalue weighted by Crippen LogP contribution is 2.43. The van der Waals surface area contributed by atoms with E-state index in [0.29, 0.717) is 47.1 Å². The molecule has 1 aliphatic carbocycles. The van der Waals surface area contributed by atoms with Crippen LogP contribution >= 0.6 is 11.6 Å². The number of imidazole rings is 1. The number of carbonyl (C=O) groups is 1. The van der Waals surface area contributed by atoms with Gasteiger partial charge >= 0.3 is 5.69 Å². The number of ether oxygens (including phenoxy) is 2. The predicted octanol–water partition coefficient (Wildman–Crippen LogP) is 7.97. The molecule has 19 heteroatoms. The van der Waals surface area contributed by atoms with Gasteiger partial charge < -0.3 is 30.4 Å². The number of benzene rings is 4. The van der Waals surface area contributed by atoms with Gasteiger partial charge in [0.1, 0.15) is 17.0 Å². The van der Waals surface area contributed by atoms with Crippen molar-refractivity contribution in [3.8, 4) is 11.5 Å². The first kappa shape index (κ1) is 45.4. The number of hydrogen-bond acceptors (Lipinski definition) is 11. The number of nitrogens with one attached hydrogen (secondary N) is 5. The molecule has 7 rings (SSSR count). The maximum Gasteiger partial charge on any atom is 0.340 e. The Bertz CT molecular complexity index is 2590. The summed E-state index contributed by atoms with van der Waals surface area (Å²) >= 11 is 6.18. The molecule has 0 radical (unpaired) electrons. The first-order chi connectivity index (χ1) is 30.1. The van der Waals surface area contributed by atoms with Crippen LogP contribution in [0.15, 0.2) is 95.7 Å². The maximum atomic E-state index is 13.8. The Hall–Kier alpha value is -5.66. The van der Waals surface area contributed by atoms with E-state index in [4.69, 9.17) is 21.1 Å². The number of alkyl halides is 2. The molecule has 1 unspecified atom stereocenters. The Labute approximate surface area is 368 Å². The summed E-state index contributed by atoms with van der Waals surface area (Å²) in [5.74, 6) is -0.670. The van der Waals surface area contributed by atoms with E-state index in [9.17, 15) is 32.1 Å². The van der Waals surface area contributed by atoms with Gasteiger partial charge in [0.05, 0.1) is 46.5 Å². The van der Waals surface area contributed by atoms with Gasteiger partial charge in [0.15, 0.2) is 5.75 Å². The zero-order chi connectivity index (χ0) is 44.7. The van der Waals surface area contributed by atoms with E-state index in [0.717, 1.165) is 37.9 Å². The number of rotatable bonds is 18. The molecular formula is C44H50ClF2N8O7S+. The van der Waals surface area contributed by atoms with E-state index in [1.807, 2.05) is 18.2 Å². The molecule has 5 aromatic rings. The van der Waals surface area contributed by atoms with Crippen molar-refractivity contribution in [3.63, 3.8) is 0 Å². The van der Waals surface area contributed by atoms with Crippen molar-refractivity contribution in [1.82, 2.24) is 24.9 Å². The largest absolute Gasteiger partial charge is 0.454 e. The summed E-state index contributed by atoms with van der Waals surface area (Å²) in [7, 11) is -4.63. The van der Waals surface area contributed by atoms with Crippen LogP contribution in [0.3, 0.4) is 0 Å². The second-order valence-electron chi connectivity index (χ2n) is 16.3. The van der Waals surface area contributed by atoms with Crippen LogP contribution < -0.4 is 25.4 Å². The SMILES string of the molecule is CC1(C)CCC(CNCCNc2ccc(C(=O)NS(=O)(=O)c3ccc(NCC4CN(CC(F)F)CCO4)c([N+](=O)O)c3)c(Oc3cccc4[nH]cnc34)c2)=C(c2ccc(Cl)cc2)C1. The number of amides is 1. The van der Waals surface area contributed by atoms with Crippen molar-refractivity contribution in [2.24, 2.45) is 5.41 Å². The van der Waals surface area contributed by atoms with Crippen LogP contribution in [0.25, 0.3) is 16.6 Å². The quantitative estimate of drug-likeness (QED) is 0.0368. The first-order valence-electron chi connectivity index (χ1n) is 20.5. The average molecular weight is 908 g/mol. The molecule has 4 aromatic carbocycles. The maximum absolute atomic E-state index is 13.8. The zero-order valence-electron chi connectivity index (χ0n) is 34.8. The third kappa shape index (κ3) is 11.7. The summed E-state index contributed by atoms with van der Waals surface area (Å²) in [6, 6.07) is 21.2. The van der Waals surface area contributed by atoms with Crippen molar-refractivity contribution >= 4 is 61.2 Å². The van der Waals surface area contributed by atoms with E-state index >= 15 is 0 Å². The molecular weight excluding hydrogens is 858 g/mol. The predicted molar refractivity (Wildman–Crippen MR) is 237 cm³/mol. The molecule has 1 saturated heterocycles. The number of anilines is 2. The summed E-state index contributed by atoms with van der Waals surface area (Å²) in [6.07, 6.45) is 1.52. The van der Waals surface area contributed by atoms with Gasteiger partial charge in [-0.05, 0) is 84.3 Å². The van der Waals surface area contributed by atoms with Crippen molar-refractivity contribution < 1.29 is 41.6 Å². The molecule has 1 fully saturated rings. The number of hydrogen-bond donors (Lipinski definition) is 6. The van der Waals surface area contributed by atoms with Gasteiger partial charge in [-0.2, -0.15) is 0 Å². The molecule has 1 aliphatic heterocycles. The van der Waals surface area contributed by atoms with Gasteiger partial charge in [0.2, 0.25) is 0 Å². The number of fused-ring (bicyclic) bond motifs is 1. The number of allylic oxidation sites excluding steroid dienone is 1. The summed E-state index contributed by atoms with van der Waals surface area (Å²) in [5.41, 5.74) is 5.33. The molecule has 1 aromatic heterocycles. The Balaban J connectivity index is 1.04. The zero-order valence-corrected chi connectivity index (χ0v) is 36.4. The van der Waals surface area contributed by atoms with Crippen LogP contribution in [0.1, 0.15) is 49.0 Å². The number of morpholine rings is 1. The van der Waals surface area contributed by atoms with Gasteiger partial charge in [-0.1, -0.05) is 49.2 Å². The molecule has 0 saturated carbocycles. The third-order valence-electron chi connectivity index (χ3n) is 11.1. The Morgan fingerprint density at radius 3 is 2.67 bits per heavy atom. The topological polar surface area (TPSA) is 190 Å². The van der Waals surface area contributed by atoms with Crippen LogP contribution in [0.4, 0.5) is 25.8 Å². The second kappa shape index (κ2) is 19.8. The minimum Gasteiger partial charge on any atom is -0.454 e. The van der Waals surface area contributed by atoms with E-state index in [-0.39, 0.29) is 42.1 Å². The number of nitrogens with zero attached hydrogens (tertiary/aromatic N) is 3. The molecule has 2 aliphatic rings. The summed E-state index contributed by atoms with van der Waals surface area (Å²) in [4.78, 5) is 33.9. The second-order valence-corrected chi connectivity index (χ2v) is 18.4. The summed E-state index contributed by atoms with van der Waals surface area (Å²) in [5, 5.41) is 20.4. The van der Waals surface area contributed by atoms with E-state index < -0.39 is 50.5 Å². The molecule has 0 bridgehead atoms. The van der Waals surface area contributed by atoms with Crippen molar-refractivity contribution in [2.45, 2.75) is 50.5 Å². The van der Waals surface area contributed by atoms with Gasteiger partial charge in [0, 0.05) is 62.1 Å². The number of aromatic nitrogens is 2. The minimum atomic E-state index is -4.63. The minimum absolute atomic E-state index is 0.0390. The fourth-order valence-electron chi connectivity index (χ4n) is 7.77. The van der Waals surface area contributed by atoms with Crippen molar-refractivity contribution in [3.05, 3.63) is 112 Å². The first-order valence-corrected chi connectivity index (χ1v) is 22.4. The Kier molecular flexibility index (Phi) is 14.3. The fourth-order valence-corrected chi connectivity index (χ4v) is 8.89. The molecule has 334 valence electrons. The van der Waals surface area contributed by atoms with Gasteiger partial charge in [-0.3, -0.25) is 9.69 Å². The molecule has 6 N–H and O–H groups in total. The monoisotopic (exact) mass is 907 g/mol. The lowest BCUT2D eigenvalue weighted by molar-refractivity contribution is -0.729. The fraction of sp³-hybridized carbons (Fsp3) is 0.364. The van der Waals surface area contributed by atoms with Gasteiger partial charge in [0.25, 0.3) is 27.3 Å². The number of aromatic amines is 1. The van der Waals surface area contributed by atoms with E-state index in [1.165, 1.54) is 35.2 Å². The molecule has 0 spiro atoms. The van der Waals surface area contributed by atoms with Crippen LogP contribution in [-0.4, -0.2) is 104 Å². The van der Waals surface area contributed by atoms with Gasteiger partial charge in [-0.15, -0.1) is 0 Å². The molecule has 1 atom stereocenters. The molecule has 2 heterocycles. The van der Waals surface area contributed by atoms with Crippen molar-refractivity contribution in [1.29, 1.82) is 0 Å². The highest BCUT2D eigenvalue weighted by Gasteiger charge is 2.30. The lowest BCUT2D eigenvalue weighted by atomic mass is 9.72. The molecule has 15 nitrogen and oxygen atoms in total. The summed E-state index contributed by atoms with van der Waals surface area (Å²) < 4.78 is 67.1. The number of sulfonamides is 1. The third-order valence-corrected chi connectivity index (χ3v) is 12.6. The van der Waals surface area contributed by atoms with Gasteiger partial charge in [-0.25, -0.2) is 32.1 Å². The Morgan fingerprint density at radius 1 is 1.08 bits per heavy atom. The highest BCUT2D eigenvalue weighted by atomic mass is 35.5. The van der Waals surface area contributed by atoms with Crippen LogP contribution in [0, 0.1) is 10.3 Å². The normalized spacial score (nSPS) is 16.9. The number of H-pyrrole nitrogens is 1. The van der Waals surface area contributed by atoms with Crippen LogP contribution in [0.5, 0.6) is 11.5 Å². The lowest BCUT2D eigenvalue weighted by Gasteiger charge is -2.34. The number of carbonyl (C=O) groups excluding carboxylic acids is 1. The molecule has 1 amide bonds. The van der Waals surface area contributed by atoms with Crippen LogP contribution in [0.2, 0.25) is 5.02 Å². The Morgan fingerprint density at radius 2 is 1.89 bits per heavy atom. The number of para-hydroxylation sites is 1. The highest BCUT2D eigenvalue weighted by molar-refractivity contribution is 7.90.